The van der Waals surface area contributed by atoms with E-state index in [1.807, 2.05) is 78.9 Å². The largest absolute Gasteiger partial charge is 0.276 e. The molecule has 0 aliphatic heterocycles. The fraction of sp³-hybridized carbons (Fsp3) is 0.0714. The molecule has 1 aliphatic carbocycles. The lowest BCUT2D eigenvalue weighted by molar-refractivity contribution is 0.953. The van der Waals surface area contributed by atoms with Gasteiger partial charge < -0.3 is 0 Å². The van der Waals surface area contributed by atoms with Crippen molar-refractivity contribution in [1.29, 1.82) is 5.26 Å². The molecule has 0 spiro atoms. The van der Waals surface area contributed by atoms with E-state index in [1.54, 1.807) is 4.57 Å². The molecule has 0 radical (unpaired) electrons. The van der Waals surface area contributed by atoms with Crippen molar-refractivity contribution in [2.24, 2.45) is 0 Å². The van der Waals surface area contributed by atoms with E-state index >= 15 is 0 Å². The van der Waals surface area contributed by atoms with Gasteiger partial charge in [0.25, 0.3) is 5.56 Å². The summed E-state index contributed by atoms with van der Waals surface area (Å²) in [6.07, 6.45) is 3.77. The number of pyridine rings is 1. The minimum absolute atomic E-state index is 0.203. The van der Waals surface area contributed by atoms with Crippen LogP contribution in [0.15, 0.2) is 95.8 Å². The summed E-state index contributed by atoms with van der Waals surface area (Å²) in [6, 6.07) is 31.8. The van der Waals surface area contributed by atoms with Crippen LogP contribution in [0.2, 0.25) is 0 Å². The normalized spacial score (nSPS) is 13.7. The second-order valence-corrected chi connectivity index (χ2v) is 7.61. The first-order valence-electron chi connectivity index (χ1n) is 10.4. The van der Waals surface area contributed by atoms with Crippen LogP contribution in [0.5, 0.6) is 0 Å². The number of nitrogens with zero attached hydrogens (tertiary/aromatic N) is 2. The summed E-state index contributed by atoms with van der Waals surface area (Å²) < 4.78 is 1.72. The molecular weight excluding hydrogens is 380 g/mol. The molecule has 0 fully saturated rings. The second kappa shape index (κ2) is 7.93. The molecule has 0 saturated carbocycles. The third kappa shape index (κ3) is 3.29. The van der Waals surface area contributed by atoms with Gasteiger partial charge in [0.05, 0.1) is 5.69 Å². The van der Waals surface area contributed by atoms with Crippen LogP contribution in [-0.4, -0.2) is 4.57 Å². The van der Waals surface area contributed by atoms with Crippen molar-refractivity contribution in [3.8, 4) is 22.9 Å². The summed E-state index contributed by atoms with van der Waals surface area (Å²) in [5, 5.41) is 9.99. The van der Waals surface area contributed by atoms with Gasteiger partial charge in [-0.2, -0.15) is 5.26 Å². The number of benzene rings is 3. The Bertz CT molecular complexity index is 1380. The molecule has 3 aromatic carbocycles. The number of aromatic nitrogens is 1. The summed E-state index contributed by atoms with van der Waals surface area (Å²) in [7, 11) is 0. The fourth-order valence-corrected chi connectivity index (χ4v) is 4.42. The highest BCUT2D eigenvalue weighted by atomic mass is 16.1. The molecule has 3 nitrogen and oxygen atoms in total. The first-order valence-corrected chi connectivity index (χ1v) is 10.4. The van der Waals surface area contributed by atoms with Gasteiger partial charge >= 0.3 is 0 Å². The van der Waals surface area contributed by atoms with Gasteiger partial charge in [-0.15, -0.1) is 0 Å². The van der Waals surface area contributed by atoms with E-state index in [2.05, 4.69) is 24.3 Å². The molecule has 0 atom stereocenters. The van der Waals surface area contributed by atoms with Crippen molar-refractivity contribution < 1.29 is 0 Å². The highest BCUT2D eigenvalue weighted by Gasteiger charge is 2.29. The first kappa shape index (κ1) is 18.8. The number of hydrogen-bond donors (Lipinski definition) is 0. The molecule has 148 valence electrons. The number of nitriles is 1. The molecule has 4 aromatic rings. The topological polar surface area (TPSA) is 45.8 Å². The van der Waals surface area contributed by atoms with E-state index < -0.39 is 0 Å². The van der Waals surface area contributed by atoms with E-state index in [9.17, 15) is 10.1 Å². The summed E-state index contributed by atoms with van der Waals surface area (Å²) in [5.74, 6) is 0. The first-order chi connectivity index (χ1) is 15.3. The number of allylic oxidation sites excluding steroid dienone is 1. The van der Waals surface area contributed by atoms with Gasteiger partial charge in [0.2, 0.25) is 0 Å². The van der Waals surface area contributed by atoms with E-state index in [0.29, 0.717) is 0 Å². The van der Waals surface area contributed by atoms with Gasteiger partial charge in [0, 0.05) is 11.3 Å². The molecule has 5 rings (SSSR count). The quantitative estimate of drug-likeness (QED) is 0.432. The van der Waals surface area contributed by atoms with Crippen LogP contribution in [0.3, 0.4) is 0 Å². The van der Waals surface area contributed by atoms with Gasteiger partial charge in [-0.3, -0.25) is 9.36 Å². The monoisotopic (exact) mass is 400 g/mol. The SMILES string of the molecule is N#Cc1c(-c2ccccc2)c2c(n(-c3ccccc3)c1=O)/C(=C/c1ccccc1)CC2. The van der Waals surface area contributed by atoms with E-state index in [4.69, 9.17) is 0 Å². The Labute approximate surface area is 181 Å². The van der Waals surface area contributed by atoms with Gasteiger partial charge in [-0.05, 0) is 53.3 Å². The van der Waals surface area contributed by atoms with Crippen molar-refractivity contribution in [1.82, 2.24) is 4.57 Å². The second-order valence-electron chi connectivity index (χ2n) is 7.61. The third-order valence-electron chi connectivity index (χ3n) is 5.76. The van der Waals surface area contributed by atoms with Gasteiger partial charge in [0.1, 0.15) is 11.6 Å². The summed E-state index contributed by atoms with van der Waals surface area (Å²) >= 11 is 0. The highest BCUT2D eigenvalue weighted by molar-refractivity contribution is 5.89. The van der Waals surface area contributed by atoms with Crippen molar-refractivity contribution in [3.05, 3.63) is 124 Å². The molecule has 0 N–H and O–H groups in total. The molecule has 31 heavy (non-hydrogen) atoms. The predicted octanol–water partition coefficient (Wildman–Crippen LogP) is 5.86. The van der Waals surface area contributed by atoms with Gasteiger partial charge in [-0.1, -0.05) is 78.9 Å². The Kier molecular flexibility index (Phi) is 4.82. The lowest BCUT2D eigenvalue weighted by Gasteiger charge is -2.18. The van der Waals surface area contributed by atoms with Crippen molar-refractivity contribution in [3.63, 3.8) is 0 Å². The van der Waals surface area contributed by atoms with Crippen LogP contribution < -0.4 is 5.56 Å². The number of para-hydroxylation sites is 1. The van der Waals surface area contributed by atoms with Gasteiger partial charge in [-0.25, -0.2) is 0 Å². The molecule has 1 heterocycles. The molecule has 3 heteroatoms. The lowest BCUT2D eigenvalue weighted by Crippen LogP contribution is -2.25. The maximum atomic E-state index is 13.7. The zero-order chi connectivity index (χ0) is 21.2. The molecule has 0 bridgehead atoms. The van der Waals surface area contributed by atoms with Crippen molar-refractivity contribution >= 4 is 11.6 Å². The number of rotatable bonds is 3. The molecule has 0 unspecified atom stereocenters. The summed E-state index contributed by atoms with van der Waals surface area (Å²) in [5.41, 5.74) is 6.58. The Morgan fingerprint density at radius 3 is 2.06 bits per heavy atom. The van der Waals surface area contributed by atoms with Gasteiger partial charge in [0.15, 0.2) is 0 Å². The average molecular weight is 400 g/mol. The van der Waals surface area contributed by atoms with Crippen LogP contribution >= 0.6 is 0 Å². The van der Waals surface area contributed by atoms with Crippen LogP contribution in [-0.2, 0) is 6.42 Å². The summed E-state index contributed by atoms with van der Waals surface area (Å²) in [6.45, 7) is 0. The maximum absolute atomic E-state index is 13.7. The smallest absolute Gasteiger partial charge is 0.274 e. The Balaban J connectivity index is 1.88. The molecule has 0 saturated heterocycles. The van der Waals surface area contributed by atoms with Crippen LogP contribution in [0.1, 0.15) is 28.8 Å². The van der Waals surface area contributed by atoms with Crippen molar-refractivity contribution in [2.75, 3.05) is 0 Å². The highest BCUT2D eigenvalue weighted by Crippen LogP contribution is 2.40. The van der Waals surface area contributed by atoms with Crippen LogP contribution in [0, 0.1) is 11.3 Å². The fourth-order valence-electron chi connectivity index (χ4n) is 4.42. The van der Waals surface area contributed by atoms with E-state index in [1.165, 1.54) is 0 Å². The Hall–Kier alpha value is -4.16. The predicted molar refractivity (Wildman–Crippen MR) is 125 cm³/mol. The van der Waals surface area contributed by atoms with E-state index in [-0.39, 0.29) is 11.1 Å². The molecule has 1 aliphatic rings. The average Bonchev–Trinajstić information content (AvgIpc) is 3.23. The molecule has 1 aromatic heterocycles. The number of hydrogen-bond acceptors (Lipinski definition) is 2. The van der Waals surface area contributed by atoms with E-state index in [0.717, 1.165) is 52.0 Å². The minimum Gasteiger partial charge on any atom is -0.276 e. The zero-order valence-corrected chi connectivity index (χ0v) is 17.0. The lowest BCUT2D eigenvalue weighted by atomic mass is 9.94. The minimum atomic E-state index is -0.271. The zero-order valence-electron chi connectivity index (χ0n) is 17.0. The molecule has 0 amide bonds. The maximum Gasteiger partial charge on any atom is 0.274 e. The summed E-state index contributed by atoms with van der Waals surface area (Å²) in [4.78, 5) is 13.7. The standard InChI is InChI=1S/C28H20N2O/c29-19-25-26(21-12-6-2-7-13-21)24-17-16-22(18-20-10-4-1-5-11-20)27(24)30(28(25)31)23-14-8-3-9-15-23/h1-15,18H,16-17H2/b22-18+. The molecular formula is C28H20N2O. The van der Waals surface area contributed by atoms with Crippen LogP contribution in [0.4, 0.5) is 0 Å². The third-order valence-corrected chi connectivity index (χ3v) is 5.76. The number of fused-ring (bicyclic) bond motifs is 1. The Morgan fingerprint density at radius 2 is 1.42 bits per heavy atom. The van der Waals surface area contributed by atoms with Crippen molar-refractivity contribution in [2.45, 2.75) is 12.8 Å². The van der Waals surface area contributed by atoms with Crippen LogP contribution in [0.25, 0.3) is 28.5 Å². The Morgan fingerprint density at radius 1 is 0.806 bits per heavy atom.